The van der Waals surface area contributed by atoms with Crippen LogP contribution in [0.25, 0.3) is 27.8 Å². The van der Waals surface area contributed by atoms with Gasteiger partial charge in [-0.1, -0.05) is 18.2 Å². The smallest absolute Gasteiger partial charge is 0.335 e. The maximum atomic E-state index is 14.4. The van der Waals surface area contributed by atoms with Gasteiger partial charge in [0.2, 0.25) is 5.88 Å². The maximum absolute atomic E-state index is 14.4. The van der Waals surface area contributed by atoms with Crippen molar-refractivity contribution in [3.8, 4) is 22.8 Å². The van der Waals surface area contributed by atoms with Gasteiger partial charge in [0.1, 0.15) is 11.4 Å². The molecule has 0 saturated carbocycles. The fourth-order valence-electron chi connectivity index (χ4n) is 3.03. The molecule has 140 valence electrons. The SMILES string of the molecule is COc1nccc2c1c(-c1ccc(C(=O)O)cc1)nn2-c1c(F)cccc1F. The Morgan fingerprint density at radius 3 is 2.36 bits per heavy atom. The topological polar surface area (TPSA) is 77.2 Å². The average Bonchev–Trinajstić information content (AvgIpc) is 3.07. The molecule has 0 aliphatic rings. The zero-order valence-corrected chi connectivity index (χ0v) is 14.6. The second-order valence-electron chi connectivity index (χ2n) is 5.93. The molecule has 0 spiro atoms. The molecule has 0 atom stereocenters. The van der Waals surface area contributed by atoms with Gasteiger partial charge in [0, 0.05) is 11.8 Å². The van der Waals surface area contributed by atoms with Crippen molar-refractivity contribution >= 4 is 16.9 Å². The molecule has 0 saturated heterocycles. The van der Waals surface area contributed by atoms with E-state index in [1.165, 1.54) is 31.5 Å². The van der Waals surface area contributed by atoms with Crippen molar-refractivity contribution in [2.45, 2.75) is 0 Å². The zero-order chi connectivity index (χ0) is 19.8. The molecule has 2 heterocycles. The van der Waals surface area contributed by atoms with Crippen molar-refractivity contribution < 1.29 is 23.4 Å². The average molecular weight is 381 g/mol. The number of benzene rings is 2. The summed E-state index contributed by atoms with van der Waals surface area (Å²) in [5.41, 5.74) is 1.09. The van der Waals surface area contributed by atoms with Gasteiger partial charge < -0.3 is 9.84 Å². The third-order valence-corrected chi connectivity index (χ3v) is 4.31. The molecule has 1 N–H and O–H groups in total. The molecule has 0 radical (unpaired) electrons. The molecular formula is C20H13F2N3O3. The Hall–Kier alpha value is -3.81. The highest BCUT2D eigenvalue weighted by molar-refractivity contribution is 5.98. The number of carboxylic acid groups (broad SMARTS) is 1. The van der Waals surface area contributed by atoms with Crippen molar-refractivity contribution in [2.75, 3.05) is 7.11 Å². The molecule has 2 aromatic carbocycles. The van der Waals surface area contributed by atoms with Crippen LogP contribution in [0.1, 0.15) is 10.4 Å². The maximum Gasteiger partial charge on any atom is 0.335 e. The van der Waals surface area contributed by atoms with E-state index in [0.29, 0.717) is 22.2 Å². The summed E-state index contributed by atoms with van der Waals surface area (Å²) in [6.07, 6.45) is 1.45. The molecule has 0 fully saturated rings. The number of hydrogen-bond donors (Lipinski definition) is 1. The van der Waals surface area contributed by atoms with E-state index in [9.17, 15) is 13.6 Å². The largest absolute Gasteiger partial charge is 0.480 e. The number of aromatic nitrogens is 3. The van der Waals surface area contributed by atoms with Crippen LogP contribution in [0.2, 0.25) is 0 Å². The van der Waals surface area contributed by atoms with Crippen molar-refractivity contribution in [2.24, 2.45) is 0 Å². The summed E-state index contributed by atoms with van der Waals surface area (Å²) in [5.74, 6) is -2.37. The van der Waals surface area contributed by atoms with Crippen LogP contribution >= 0.6 is 0 Å². The third-order valence-electron chi connectivity index (χ3n) is 4.31. The van der Waals surface area contributed by atoms with Crippen LogP contribution in [-0.2, 0) is 0 Å². The number of hydrogen-bond acceptors (Lipinski definition) is 4. The van der Waals surface area contributed by atoms with Crippen LogP contribution in [0.5, 0.6) is 5.88 Å². The molecule has 2 aromatic heterocycles. The Bertz CT molecular complexity index is 1180. The monoisotopic (exact) mass is 381 g/mol. The summed E-state index contributed by atoms with van der Waals surface area (Å²) >= 11 is 0. The summed E-state index contributed by atoms with van der Waals surface area (Å²) in [7, 11) is 1.43. The predicted molar refractivity (Wildman–Crippen MR) is 97.7 cm³/mol. The lowest BCUT2D eigenvalue weighted by atomic mass is 10.1. The van der Waals surface area contributed by atoms with Gasteiger partial charge in [-0.05, 0) is 30.3 Å². The summed E-state index contributed by atoms with van der Waals surface area (Å²) in [5, 5.41) is 13.9. The van der Waals surface area contributed by atoms with Crippen LogP contribution < -0.4 is 4.74 Å². The Morgan fingerprint density at radius 1 is 1.07 bits per heavy atom. The van der Waals surface area contributed by atoms with Crippen molar-refractivity contribution in [1.82, 2.24) is 14.8 Å². The molecule has 4 rings (SSSR count). The van der Waals surface area contributed by atoms with E-state index in [-0.39, 0.29) is 17.1 Å². The van der Waals surface area contributed by atoms with Gasteiger partial charge in [-0.2, -0.15) is 5.10 Å². The number of fused-ring (bicyclic) bond motifs is 1. The summed E-state index contributed by atoms with van der Waals surface area (Å²) in [6, 6.07) is 11.1. The number of rotatable bonds is 4. The van der Waals surface area contributed by atoms with E-state index in [4.69, 9.17) is 9.84 Å². The highest BCUT2D eigenvalue weighted by Crippen LogP contribution is 2.35. The standard InChI is InChI=1S/C20H13F2N3O3/c1-28-19-16-15(9-10-23-19)25(18-13(21)3-2-4-14(18)22)24-17(16)11-5-7-12(8-6-11)20(26)27/h2-10H,1H3,(H,26,27). The van der Waals surface area contributed by atoms with E-state index in [0.717, 1.165) is 16.8 Å². The zero-order valence-electron chi connectivity index (χ0n) is 14.6. The first kappa shape index (κ1) is 17.6. The number of halogens is 2. The molecule has 0 bridgehead atoms. The molecule has 6 nitrogen and oxygen atoms in total. The number of ether oxygens (including phenoxy) is 1. The lowest BCUT2D eigenvalue weighted by Gasteiger charge is -2.06. The molecule has 0 aliphatic heterocycles. The second-order valence-corrected chi connectivity index (χ2v) is 5.93. The first-order valence-electron chi connectivity index (χ1n) is 8.21. The lowest BCUT2D eigenvalue weighted by molar-refractivity contribution is 0.0697. The normalized spacial score (nSPS) is 11.0. The molecule has 4 aromatic rings. The van der Waals surface area contributed by atoms with Crippen LogP contribution in [0.3, 0.4) is 0 Å². The Morgan fingerprint density at radius 2 is 1.75 bits per heavy atom. The lowest BCUT2D eigenvalue weighted by Crippen LogP contribution is -2.03. The molecule has 28 heavy (non-hydrogen) atoms. The van der Waals surface area contributed by atoms with E-state index in [1.807, 2.05) is 0 Å². The number of nitrogens with zero attached hydrogens (tertiary/aromatic N) is 3. The predicted octanol–water partition coefficient (Wildman–Crippen LogP) is 4.07. The first-order valence-corrected chi connectivity index (χ1v) is 8.21. The molecule has 0 unspecified atom stereocenters. The van der Waals surface area contributed by atoms with Gasteiger partial charge in [0.15, 0.2) is 11.6 Å². The van der Waals surface area contributed by atoms with Crippen LogP contribution in [0.15, 0.2) is 54.7 Å². The van der Waals surface area contributed by atoms with Gasteiger partial charge in [-0.3, -0.25) is 0 Å². The number of para-hydroxylation sites is 1. The van der Waals surface area contributed by atoms with Crippen LogP contribution in [0.4, 0.5) is 8.78 Å². The highest BCUT2D eigenvalue weighted by atomic mass is 19.1. The Balaban J connectivity index is 2.03. The Labute approximate surface area is 157 Å². The summed E-state index contributed by atoms with van der Waals surface area (Å²) in [4.78, 5) is 15.2. The fourth-order valence-corrected chi connectivity index (χ4v) is 3.03. The van der Waals surface area contributed by atoms with Gasteiger partial charge in [-0.25, -0.2) is 23.2 Å². The number of pyridine rings is 1. The van der Waals surface area contributed by atoms with E-state index in [1.54, 1.807) is 18.2 Å². The van der Waals surface area contributed by atoms with E-state index < -0.39 is 17.6 Å². The Kier molecular flexibility index (Phi) is 4.23. The second kappa shape index (κ2) is 6.73. The molecular weight excluding hydrogens is 368 g/mol. The molecule has 0 amide bonds. The molecule has 8 heteroatoms. The van der Waals surface area contributed by atoms with Gasteiger partial charge >= 0.3 is 5.97 Å². The number of carbonyl (C=O) groups is 1. The third kappa shape index (κ3) is 2.75. The highest BCUT2D eigenvalue weighted by Gasteiger charge is 2.22. The number of methoxy groups -OCH3 is 1. The summed E-state index contributed by atoms with van der Waals surface area (Å²) in [6.45, 7) is 0. The quantitative estimate of drug-likeness (QED) is 0.577. The van der Waals surface area contributed by atoms with E-state index >= 15 is 0 Å². The molecule has 0 aliphatic carbocycles. The van der Waals surface area contributed by atoms with Gasteiger partial charge in [0.05, 0.1) is 23.6 Å². The van der Waals surface area contributed by atoms with Gasteiger partial charge in [0.25, 0.3) is 0 Å². The number of aromatic carboxylic acids is 1. The van der Waals surface area contributed by atoms with Crippen LogP contribution in [-0.4, -0.2) is 33.0 Å². The minimum atomic E-state index is -1.06. The van der Waals surface area contributed by atoms with Crippen molar-refractivity contribution in [3.05, 3.63) is 71.9 Å². The minimum absolute atomic E-state index is 0.109. The summed E-state index contributed by atoms with van der Waals surface area (Å²) < 4.78 is 35.2. The van der Waals surface area contributed by atoms with Crippen molar-refractivity contribution in [3.63, 3.8) is 0 Å². The van der Waals surface area contributed by atoms with Gasteiger partial charge in [-0.15, -0.1) is 0 Å². The van der Waals surface area contributed by atoms with Crippen molar-refractivity contribution in [1.29, 1.82) is 0 Å². The van der Waals surface area contributed by atoms with Crippen LogP contribution in [0, 0.1) is 11.6 Å². The number of carboxylic acids is 1. The fraction of sp³-hybridized carbons (Fsp3) is 0.0500. The minimum Gasteiger partial charge on any atom is -0.480 e. The van der Waals surface area contributed by atoms with E-state index in [2.05, 4.69) is 10.1 Å². The first-order chi connectivity index (χ1) is 13.5.